The van der Waals surface area contributed by atoms with Crippen LogP contribution in [-0.2, 0) is 32.6 Å². The summed E-state index contributed by atoms with van der Waals surface area (Å²) in [5.41, 5.74) is 0.795. The summed E-state index contributed by atoms with van der Waals surface area (Å²) >= 11 is 0. The van der Waals surface area contributed by atoms with E-state index in [9.17, 15) is 28.0 Å². The number of nitrogens with zero attached hydrogens (tertiary/aromatic N) is 5. The first-order valence-corrected chi connectivity index (χ1v) is 13.4. The van der Waals surface area contributed by atoms with Crippen LogP contribution in [0.4, 0.5) is 13.2 Å². The topological polar surface area (TPSA) is 91.5 Å². The number of hydrogen-bond donors (Lipinski definition) is 0. The maximum atomic E-state index is 14.1. The van der Waals surface area contributed by atoms with Crippen molar-refractivity contribution in [1.29, 1.82) is 5.26 Å². The van der Waals surface area contributed by atoms with Crippen LogP contribution in [-0.4, -0.2) is 58.5 Å². The Bertz CT molecular complexity index is 1560. The first-order valence-electron chi connectivity index (χ1n) is 13.4. The van der Waals surface area contributed by atoms with Gasteiger partial charge in [0.25, 0.3) is 11.5 Å². The van der Waals surface area contributed by atoms with Crippen LogP contribution in [0.15, 0.2) is 41.5 Å². The molecule has 0 atom stereocenters. The number of likely N-dealkylation sites (N-methyl/N-ethyl adjacent to an activating group) is 1. The number of nitriles is 1. The highest BCUT2D eigenvalue weighted by Gasteiger charge is 2.36. The third-order valence-corrected chi connectivity index (χ3v) is 7.30. The van der Waals surface area contributed by atoms with Gasteiger partial charge in [0.15, 0.2) is 0 Å². The van der Waals surface area contributed by atoms with Gasteiger partial charge in [-0.25, -0.2) is 0 Å². The number of amides is 1. The summed E-state index contributed by atoms with van der Waals surface area (Å²) in [6, 6.07) is 7.77. The standard InChI is InChI=1S/C30H32F3N5O3/c1-5-36(3)9-7-19-11-23(25-18-37(4)28(39)14-26(25)30(31,32)33)22-8-10-38(29(40)24(22)12-19)17-21-13-27(41-6-2)20(15-34)16-35-21/h11-14,16,18H,5-10,17H2,1-4H3. The number of hydrogen-bond acceptors (Lipinski definition) is 6. The Kier molecular flexibility index (Phi) is 8.83. The lowest BCUT2D eigenvalue weighted by atomic mass is 9.86. The van der Waals surface area contributed by atoms with Gasteiger partial charge < -0.3 is 19.1 Å². The smallest absolute Gasteiger partial charge is 0.417 e. The van der Waals surface area contributed by atoms with Gasteiger partial charge in [-0.1, -0.05) is 13.0 Å². The third-order valence-electron chi connectivity index (χ3n) is 7.30. The molecule has 1 aromatic carbocycles. The van der Waals surface area contributed by atoms with Crippen LogP contribution in [0, 0.1) is 11.3 Å². The second kappa shape index (κ2) is 12.1. The van der Waals surface area contributed by atoms with Gasteiger partial charge in [0.1, 0.15) is 17.4 Å². The van der Waals surface area contributed by atoms with Crippen molar-refractivity contribution in [3.63, 3.8) is 0 Å². The van der Waals surface area contributed by atoms with Crippen LogP contribution in [0.2, 0.25) is 0 Å². The van der Waals surface area contributed by atoms with E-state index < -0.39 is 17.3 Å². The molecule has 0 spiro atoms. The molecule has 0 saturated heterocycles. The van der Waals surface area contributed by atoms with Crippen molar-refractivity contribution in [3.05, 3.63) is 80.5 Å². The van der Waals surface area contributed by atoms with Gasteiger partial charge in [-0.3, -0.25) is 14.6 Å². The molecule has 8 nitrogen and oxygen atoms in total. The Hall–Kier alpha value is -4.17. The molecule has 2 aromatic heterocycles. The van der Waals surface area contributed by atoms with Gasteiger partial charge in [-0.15, -0.1) is 0 Å². The molecule has 0 N–H and O–H groups in total. The Morgan fingerprint density at radius 2 is 1.85 bits per heavy atom. The van der Waals surface area contributed by atoms with E-state index >= 15 is 0 Å². The Labute approximate surface area is 236 Å². The number of carbonyl (C=O) groups is 1. The molecule has 0 saturated carbocycles. The molecule has 0 aliphatic carbocycles. The number of rotatable bonds is 9. The van der Waals surface area contributed by atoms with Gasteiger partial charge in [-0.05, 0) is 56.1 Å². The van der Waals surface area contributed by atoms with Gasteiger partial charge >= 0.3 is 6.18 Å². The van der Waals surface area contributed by atoms with Crippen molar-refractivity contribution in [2.24, 2.45) is 7.05 Å². The average Bonchev–Trinajstić information content (AvgIpc) is 2.94. The fourth-order valence-corrected chi connectivity index (χ4v) is 4.92. The summed E-state index contributed by atoms with van der Waals surface area (Å²) in [5, 5.41) is 9.32. The van der Waals surface area contributed by atoms with Gasteiger partial charge in [0, 0.05) is 55.8 Å². The molecule has 1 aliphatic heterocycles. The minimum Gasteiger partial charge on any atom is -0.492 e. The zero-order chi connectivity index (χ0) is 29.9. The van der Waals surface area contributed by atoms with Crippen LogP contribution in [0.5, 0.6) is 5.75 Å². The summed E-state index contributed by atoms with van der Waals surface area (Å²) in [4.78, 5) is 34.0. The molecule has 4 rings (SSSR count). The van der Waals surface area contributed by atoms with Gasteiger partial charge in [-0.2, -0.15) is 18.4 Å². The second-order valence-corrected chi connectivity index (χ2v) is 10.1. The maximum absolute atomic E-state index is 14.1. The lowest BCUT2D eigenvalue weighted by molar-refractivity contribution is -0.137. The van der Waals surface area contributed by atoms with Crippen molar-refractivity contribution >= 4 is 5.91 Å². The number of aryl methyl sites for hydroxylation is 1. The minimum atomic E-state index is -4.75. The van der Waals surface area contributed by atoms with Crippen LogP contribution < -0.4 is 10.3 Å². The highest BCUT2D eigenvalue weighted by Crippen LogP contribution is 2.40. The van der Waals surface area contributed by atoms with Crippen molar-refractivity contribution in [3.8, 4) is 22.9 Å². The third kappa shape index (κ3) is 6.43. The fourth-order valence-electron chi connectivity index (χ4n) is 4.92. The molecule has 41 heavy (non-hydrogen) atoms. The van der Waals surface area contributed by atoms with Crippen LogP contribution >= 0.6 is 0 Å². The molecule has 0 bridgehead atoms. The SMILES string of the molecule is CCOc1cc(CN2CCc3c(cc(CCN(C)CC)cc3-c3cn(C)c(=O)cc3C(F)(F)F)C2=O)ncc1C#N. The molecule has 0 unspecified atom stereocenters. The van der Waals surface area contributed by atoms with Gasteiger partial charge in [0.05, 0.1) is 24.4 Å². The zero-order valence-electron chi connectivity index (χ0n) is 23.5. The molecular weight excluding hydrogens is 535 g/mol. The maximum Gasteiger partial charge on any atom is 0.417 e. The predicted octanol–water partition coefficient (Wildman–Crippen LogP) is 4.43. The monoisotopic (exact) mass is 567 g/mol. The molecule has 11 heteroatoms. The molecule has 216 valence electrons. The zero-order valence-corrected chi connectivity index (χ0v) is 23.5. The Morgan fingerprint density at radius 1 is 1.12 bits per heavy atom. The van der Waals surface area contributed by atoms with Crippen molar-refractivity contribution in [1.82, 2.24) is 19.4 Å². The molecule has 1 amide bonds. The van der Waals surface area contributed by atoms with Crippen molar-refractivity contribution < 1.29 is 22.7 Å². The van der Waals surface area contributed by atoms with E-state index in [0.29, 0.717) is 60.2 Å². The van der Waals surface area contributed by atoms with E-state index in [1.54, 1.807) is 30.0 Å². The first kappa shape index (κ1) is 29.8. The minimum absolute atomic E-state index is 0.127. The number of fused-ring (bicyclic) bond motifs is 1. The molecule has 0 radical (unpaired) electrons. The van der Waals surface area contributed by atoms with E-state index in [1.807, 2.05) is 20.0 Å². The fraction of sp³-hybridized carbons (Fsp3) is 0.400. The molecule has 1 aliphatic rings. The molecule has 3 heterocycles. The molecular formula is C30H32F3N5O3. The largest absolute Gasteiger partial charge is 0.492 e. The van der Waals surface area contributed by atoms with Crippen molar-refractivity contribution in [2.45, 2.75) is 39.4 Å². The lowest BCUT2D eigenvalue weighted by Crippen LogP contribution is -2.37. The van der Waals surface area contributed by atoms with E-state index in [0.717, 1.165) is 16.7 Å². The summed E-state index contributed by atoms with van der Waals surface area (Å²) in [5.74, 6) is 0.0598. The number of carbonyl (C=O) groups excluding carboxylic acids is 1. The number of benzene rings is 1. The summed E-state index contributed by atoms with van der Waals surface area (Å²) in [6.45, 7) is 6.03. The highest BCUT2D eigenvalue weighted by molar-refractivity contribution is 5.99. The summed E-state index contributed by atoms with van der Waals surface area (Å²) in [7, 11) is 3.36. The number of aromatic nitrogens is 2. The molecule has 0 fully saturated rings. The Balaban J connectivity index is 1.80. The summed E-state index contributed by atoms with van der Waals surface area (Å²) in [6.07, 6.45) is -1.30. The average molecular weight is 568 g/mol. The normalized spacial score (nSPS) is 13.3. The number of ether oxygens (including phenoxy) is 1. The van der Waals surface area contributed by atoms with Gasteiger partial charge in [0.2, 0.25) is 0 Å². The highest BCUT2D eigenvalue weighted by atomic mass is 19.4. The number of alkyl halides is 3. The van der Waals surface area contributed by atoms with Crippen LogP contribution in [0.3, 0.4) is 0 Å². The van der Waals surface area contributed by atoms with E-state index in [1.165, 1.54) is 19.4 Å². The Morgan fingerprint density at radius 3 is 2.51 bits per heavy atom. The van der Waals surface area contributed by atoms with Crippen LogP contribution in [0.25, 0.3) is 11.1 Å². The van der Waals surface area contributed by atoms with E-state index in [4.69, 9.17) is 4.74 Å². The summed E-state index contributed by atoms with van der Waals surface area (Å²) < 4.78 is 49.1. The first-order chi connectivity index (χ1) is 19.5. The van der Waals surface area contributed by atoms with E-state index in [-0.39, 0.29) is 30.1 Å². The second-order valence-electron chi connectivity index (χ2n) is 10.1. The number of pyridine rings is 2. The van der Waals surface area contributed by atoms with Crippen molar-refractivity contribution in [2.75, 3.05) is 33.3 Å². The van der Waals surface area contributed by atoms with E-state index in [2.05, 4.69) is 9.88 Å². The van der Waals surface area contributed by atoms with Crippen LogP contribution in [0.1, 0.15) is 52.2 Å². The molecule has 3 aromatic rings. The predicted molar refractivity (Wildman–Crippen MR) is 148 cm³/mol. The quantitative estimate of drug-likeness (QED) is 0.380. The lowest BCUT2D eigenvalue weighted by Gasteiger charge is -2.31. The number of halogens is 3.